The van der Waals surface area contributed by atoms with Gasteiger partial charge in [0.25, 0.3) is 0 Å². The van der Waals surface area contributed by atoms with Crippen LogP contribution in [0, 0.1) is 11.3 Å². The summed E-state index contributed by atoms with van der Waals surface area (Å²) in [5, 5.41) is 12.5. The lowest BCUT2D eigenvalue weighted by Gasteiger charge is -2.40. The van der Waals surface area contributed by atoms with Crippen LogP contribution in [0.15, 0.2) is 0 Å². The van der Waals surface area contributed by atoms with E-state index in [1.54, 1.807) is 48.5 Å². The molecule has 2 amide bonds. The minimum atomic E-state index is -1.40. The van der Waals surface area contributed by atoms with Gasteiger partial charge in [-0.1, -0.05) is 40.0 Å². The predicted molar refractivity (Wildman–Crippen MR) is 119 cm³/mol. The zero-order valence-electron chi connectivity index (χ0n) is 20.5. The first kappa shape index (κ1) is 27.7. The molecule has 9 nitrogen and oxygen atoms in total. The molecule has 1 aliphatic rings. The average Bonchev–Trinajstić information content (AvgIpc) is 2.63. The Labute approximate surface area is 191 Å². The lowest BCUT2D eigenvalue weighted by molar-refractivity contribution is -0.156. The van der Waals surface area contributed by atoms with Crippen LogP contribution in [-0.4, -0.2) is 64.8 Å². The first-order valence-electron chi connectivity index (χ1n) is 11.4. The van der Waals surface area contributed by atoms with Crippen LogP contribution in [0.3, 0.4) is 0 Å². The van der Waals surface area contributed by atoms with Crippen molar-refractivity contribution in [3.63, 3.8) is 0 Å². The van der Waals surface area contributed by atoms with Gasteiger partial charge < -0.3 is 24.8 Å². The molecular formula is C23H40N2O7. The zero-order chi connectivity index (χ0) is 24.7. The number of aliphatic carboxylic acids is 1. The molecule has 1 saturated carbocycles. The van der Waals surface area contributed by atoms with Crippen molar-refractivity contribution in [2.45, 2.75) is 98.3 Å². The largest absolute Gasteiger partial charge is 0.481 e. The number of nitrogens with zero attached hydrogens (tertiary/aromatic N) is 1. The van der Waals surface area contributed by atoms with E-state index < -0.39 is 46.9 Å². The average molecular weight is 457 g/mol. The number of amides is 2. The highest BCUT2D eigenvalue weighted by molar-refractivity contribution is 5.92. The number of esters is 1. The molecule has 0 heterocycles. The molecule has 0 spiro atoms. The van der Waals surface area contributed by atoms with E-state index in [-0.39, 0.29) is 19.2 Å². The maximum absolute atomic E-state index is 13.8. The zero-order valence-corrected chi connectivity index (χ0v) is 20.5. The summed E-state index contributed by atoms with van der Waals surface area (Å²) in [6, 6.07) is -1.63. The van der Waals surface area contributed by atoms with E-state index in [9.17, 15) is 24.3 Å². The molecule has 1 rings (SSSR count). The van der Waals surface area contributed by atoms with Crippen LogP contribution in [0.2, 0.25) is 0 Å². The van der Waals surface area contributed by atoms with E-state index >= 15 is 0 Å². The number of carboxylic acids is 1. The van der Waals surface area contributed by atoms with Crippen LogP contribution in [-0.2, 0) is 23.9 Å². The highest BCUT2D eigenvalue weighted by atomic mass is 16.6. The van der Waals surface area contributed by atoms with Gasteiger partial charge in [0.15, 0.2) is 0 Å². The number of alkyl carbamates (subject to hydrolysis) is 1. The minimum absolute atomic E-state index is 0.171. The number of hydrogen-bond acceptors (Lipinski definition) is 6. The van der Waals surface area contributed by atoms with Crippen molar-refractivity contribution in [1.29, 1.82) is 0 Å². The van der Waals surface area contributed by atoms with Gasteiger partial charge >= 0.3 is 18.0 Å². The maximum atomic E-state index is 13.8. The van der Waals surface area contributed by atoms with Gasteiger partial charge in [-0.05, 0) is 46.0 Å². The summed E-state index contributed by atoms with van der Waals surface area (Å²) in [5.74, 6) is -3.63. The molecule has 1 aliphatic carbocycles. The number of rotatable bonds is 8. The molecule has 0 aliphatic heterocycles. The smallest absolute Gasteiger partial charge is 0.408 e. The monoisotopic (exact) mass is 456 g/mol. The van der Waals surface area contributed by atoms with Gasteiger partial charge in [-0.2, -0.15) is 0 Å². The van der Waals surface area contributed by atoms with Crippen LogP contribution in [0.4, 0.5) is 4.79 Å². The Bertz CT molecular complexity index is 673. The third-order valence-corrected chi connectivity index (χ3v) is 5.37. The van der Waals surface area contributed by atoms with Gasteiger partial charge in [0, 0.05) is 6.04 Å². The number of carboxylic acid groups (broad SMARTS) is 1. The number of hydrogen-bond donors (Lipinski definition) is 2. The van der Waals surface area contributed by atoms with Crippen molar-refractivity contribution in [3.05, 3.63) is 0 Å². The normalized spacial score (nSPS) is 17.1. The van der Waals surface area contributed by atoms with E-state index in [0.717, 1.165) is 19.3 Å². The van der Waals surface area contributed by atoms with E-state index in [1.807, 2.05) is 0 Å². The Morgan fingerprint density at radius 3 is 2.03 bits per heavy atom. The highest BCUT2D eigenvalue weighted by Gasteiger charge is 2.46. The fourth-order valence-electron chi connectivity index (χ4n) is 4.04. The lowest BCUT2D eigenvalue weighted by Crippen LogP contribution is -2.60. The number of nitrogens with one attached hydrogen (secondary N) is 1. The Morgan fingerprint density at radius 2 is 1.59 bits per heavy atom. The summed E-state index contributed by atoms with van der Waals surface area (Å²) in [7, 11) is 0. The summed E-state index contributed by atoms with van der Waals surface area (Å²) in [6.45, 7) is 11.7. The molecule has 0 aromatic heterocycles. The van der Waals surface area contributed by atoms with E-state index in [2.05, 4.69) is 5.32 Å². The second kappa shape index (κ2) is 11.5. The summed E-state index contributed by atoms with van der Waals surface area (Å²) >= 11 is 0. The molecule has 0 radical (unpaired) electrons. The molecule has 1 fully saturated rings. The summed E-state index contributed by atoms with van der Waals surface area (Å²) in [4.78, 5) is 52.2. The molecular weight excluding hydrogens is 416 g/mol. The summed E-state index contributed by atoms with van der Waals surface area (Å²) < 4.78 is 10.4. The molecule has 0 aromatic rings. The Hall–Kier alpha value is -2.32. The molecule has 0 aromatic carbocycles. The van der Waals surface area contributed by atoms with Crippen molar-refractivity contribution in [2.75, 3.05) is 13.2 Å². The van der Waals surface area contributed by atoms with E-state index in [4.69, 9.17) is 9.47 Å². The van der Waals surface area contributed by atoms with Crippen molar-refractivity contribution >= 4 is 23.9 Å². The number of carbonyl (C=O) groups is 4. The standard InChI is InChI=1S/C23H40N2O7/c1-8-31-16(26)14-25(15-12-10-9-11-13-15)19(27)18(17(20(28)29)22(2,3)4)24-21(30)32-23(5,6)7/h15,17-18H,8-14H2,1-7H3,(H,24,30)(H,28,29)/t17-,18?/m0/s1. The predicted octanol–water partition coefficient (Wildman–Crippen LogP) is 3.35. The van der Waals surface area contributed by atoms with E-state index in [0.29, 0.717) is 12.8 Å². The molecule has 2 N–H and O–H groups in total. The van der Waals surface area contributed by atoms with Crippen molar-refractivity contribution in [1.82, 2.24) is 10.2 Å². The van der Waals surface area contributed by atoms with Gasteiger partial charge in [-0.3, -0.25) is 14.4 Å². The van der Waals surface area contributed by atoms with Gasteiger partial charge in [0.1, 0.15) is 18.2 Å². The fraction of sp³-hybridized carbons (Fsp3) is 0.826. The molecule has 1 unspecified atom stereocenters. The Kier molecular flexibility index (Phi) is 9.97. The third kappa shape index (κ3) is 8.67. The van der Waals surface area contributed by atoms with Crippen LogP contribution in [0.1, 0.15) is 80.6 Å². The summed E-state index contributed by atoms with van der Waals surface area (Å²) in [6.07, 6.45) is 3.38. The molecule has 9 heteroatoms. The van der Waals surface area contributed by atoms with Gasteiger partial charge in [-0.15, -0.1) is 0 Å². The number of carbonyl (C=O) groups excluding carboxylic acids is 3. The second-order valence-electron chi connectivity index (χ2n) is 10.4. The highest BCUT2D eigenvalue weighted by Crippen LogP contribution is 2.32. The third-order valence-electron chi connectivity index (χ3n) is 5.37. The molecule has 0 saturated heterocycles. The first-order valence-corrected chi connectivity index (χ1v) is 11.4. The van der Waals surface area contributed by atoms with Crippen molar-refractivity contribution < 1.29 is 33.8 Å². The molecule has 184 valence electrons. The quantitative estimate of drug-likeness (QED) is 0.537. The van der Waals surface area contributed by atoms with E-state index in [1.165, 1.54) is 4.90 Å². The number of ether oxygens (including phenoxy) is 2. The van der Waals surface area contributed by atoms with Crippen molar-refractivity contribution in [2.24, 2.45) is 11.3 Å². The Morgan fingerprint density at radius 1 is 1.03 bits per heavy atom. The topological polar surface area (TPSA) is 122 Å². The van der Waals surface area contributed by atoms with Gasteiger partial charge in [-0.25, -0.2) is 4.79 Å². The first-order chi connectivity index (χ1) is 14.7. The van der Waals surface area contributed by atoms with Crippen LogP contribution in [0.5, 0.6) is 0 Å². The fourth-order valence-corrected chi connectivity index (χ4v) is 4.04. The molecule has 0 bridgehead atoms. The Balaban J connectivity index is 3.36. The van der Waals surface area contributed by atoms with Crippen LogP contribution >= 0.6 is 0 Å². The second-order valence-corrected chi connectivity index (χ2v) is 10.4. The van der Waals surface area contributed by atoms with Gasteiger partial charge in [0.05, 0.1) is 12.5 Å². The lowest BCUT2D eigenvalue weighted by atomic mass is 9.75. The molecule has 2 atom stereocenters. The SMILES string of the molecule is CCOC(=O)CN(C(=O)C(NC(=O)OC(C)(C)C)[C@@H](C(=O)O)C(C)(C)C)C1CCCCC1. The van der Waals surface area contributed by atoms with Crippen LogP contribution in [0.25, 0.3) is 0 Å². The van der Waals surface area contributed by atoms with Crippen molar-refractivity contribution in [3.8, 4) is 0 Å². The summed E-state index contributed by atoms with van der Waals surface area (Å²) in [5.41, 5.74) is -1.69. The molecule has 32 heavy (non-hydrogen) atoms. The minimum Gasteiger partial charge on any atom is -0.481 e. The maximum Gasteiger partial charge on any atom is 0.408 e. The van der Waals surface area contributed by atoms with Gasteiger partial charge in [0.2, 0.25) is 5.91 Å². The van der Waals surface area contributed by atoms with Crippen LogP contribution < -0.4 is 5.32 Å².